The smallest absolute Gasteiger partial charge is 0.315 e. The standard InChI is InChI=1S/C19H17N3O4/c1-3-26-17(23)18(2)16-14-6-4-5-7-15(14)20-21-19(16,18)12-8-10-13(11-9-12)22(24)25/h4-11,16H,3H2,1-2H3/t16?,18-,19?/m1/s1. The Kier molecular flexibility index (Phi) is 3.44. The van der Waals surface area contributed by atoms with E-state index in [0.717, 1.165) is 16.8 Å². The lowest BCUT2D eigenvalue weighted by Gasteiger charge is -2.18. The van der Waals surface area contributed by atoms with Crippen molar-refractivity contribution in [3.63, 3.8) is 0 Å². The number of azo groups is 1. The summed E-state index contributed by atoms with van der Waals surface area (Å²) in [4.78, 5) is 23.3. The summed E-state index contributed by atoms with van der Waals surface area (Å²) in [7, 11) is 0. The number of hydrogen-bond donors (Lipinski definition) is 0. The molecule has 132 valence electrons. The number of fused-ring (bicyclic) bond motifs is 3. The Labute approximate surface area is 149 Å². The van der Waals surface area contributed by atoms with Gasteiger partial charge in [0.05, 0.1) is 17.2 Å². The van der Waals surface area contributed by atoms with Gasteiger partial charge in [0.15, 0.2) is 0 Å². The van der Waals surface area contributed by atoms with Gasteiger partial charge in [-0.25, -0.2) is 0 Å². The van der Waals surface area contributed by atoms with Crippen LogP contribution in [0.1, 0.15) is 30.9 Å². The molecule has 7 heteroatoms. The van der Waals surface area contributed by atoms with Gasteiger partial charge in [0.1, 0.15) is 11.0 Å². The highest BCUT2D eigenvalue weighted by Crippen LogP contribution is 2.78. The molecule has 0 bridgehead atoms. The van der Waals surface area contributed by atoms with Gasteiger partial charge in [0.25, 0.3) is 5.69 Å². The van der Waals surface area contributed by atoms with Crippen molar-refractivity contribution in [1.82, 2.24) is 0 Å². The van der Waals surface area contributed by atoms with Crippen LogP contribution >= 0.6 is 0 Å². The molecule has 2 aromatic carbocycles. The van der Waals surface area contributed by atoms with Gasteiger partial charge in [-0.15, -0.1) is 0 Å². The predicted molar refractivity (Wildman–Crippen MR) is 93.2 cm³/mol. The molecule has 0 spiro atoms. The van der Waals surface area contributed by atoms with Gasteiger partial charge >= 0.3 is 5.97 Å². The first-order chi connectivity index (χ1) is 12.5. The second-order valence-corrected chi connectivity index (χ2v) is 6.69. The lowest BCUT2D eigenvalue weighted by Crippen LogP contribution is -2.24. The van der Waals surface area contributed by atoms with Gasteiger partial charge in [-0.2, -0.15) is 10.2 Å². The summed E-state index contributed by atoms with van der Waals surface area (Å²) in [6.45, 7) is 3.87. The molecule has 4 rings (SSSR count). The summed E-state index contributed by atoms with van der Waals surface area (Å²) < 4.78 is 5.34. The number of non-ortho nitro benzene ring substituents is 1. The molecule has 3 atom stereocenters. The second kappa shape index (κ2) is 5.45. The van der Waals surface area contributed by atoms with Crippen molar-refractivity contribution in [2.75, 3.05) is 6.61 Å². The Morgan fingerprint density at radius 2 is 1.92 bits per heavy atom. The highest BCUT2D eigenvalue weighted by atomic mass is 16.6. The summed E-state index contributed by atoms with van der Waals surface area (Å²) in [5, 5.41) is 19.8. The van der Waals surface area contributed by atoms with E-state index in [9.17, 15) is 14.9 Å². The molecule has 7 nitrogen and oxygen atoms in total. The van der Waals surface area contributed by atoms with E-state index in [0.29, 0.717) is 0 Å². The predicted octanol–water partition coefficient (Wildman–Crippen LogP) is 4.25. The zero-order chi connectivity index (χ0) is 18.5. The topological polar surface area (TPSA) is 94.2 Å². The first-order valence-corrected chi connectivity index (χ1v) is 8.40. The molecule has 1 aliphatic heterocycles. The number of benzene rings is 2. The molecule has 2 aliphatic rings. The van der Waals surface area contributed by atoms with Crippen molar-refractivity contribution < 1.29 is 14.5 Å². The van der Waals surface area contributed by atoms with E-state index in [1.54, 1.807) is 19.1 Å². The molecule has 0 aromatic heterocycles. The monoisotopic (exact) mass is 351 g/mol. The molecule has 1 saturated carbocycles. The summed E-state index contributed by atoms with van der Waals surface area (Å²) in [6.07, 6.45) is 0. The molecule has 2 unspecified atom stereocenters. The van der Waals surface area contributed by atoms with Crippen LogP contribution in [0.15, 0.2) is 58.8 Å². The average molecular weight is 351 g/mol. The van der Waals surface area contributed by atoms with Gasteiger partial charge in [0, 0.05) is 18.1 Å². The van der Waals surface area contributed by atoms with Gasteiger partial charge in [0.2, 0.25) is 0 Å². The highest BCUT2D eigenvalue weighted by Gasteiger charge is 2.82. The number of carbonyl (C=O) groups is 1. The minimum absolute atomic E-state index is 0.00617. The van der Waals surface area contributed by atoms with Crippen molar-refractivity contribution in [2.24, 2.45) is 15.6 Å². The molecule has 0 saturated heterocycles. The molecule has 1 aliphatic carbocycles. The van der Waals surface area contributed by atoms with E-state index in [2.05, 4.69) is 10.2 Å². The molecule has 0 radical (unpaired) electrons. The third-order valence-electron chi connectivity index (χ3n) is 5.48. The number of nitro benzene ring substituents is 1. The van der Waals surface area contributed by atoms with E-state index < -0.39 is 15.9 Å². The maximum atomic E-state index is 12.8. The fourth-order valence-electron chi connectivity index (χ4n) is 4.17. The van der Waals surface area contributed by atoms with Crippen molar-refractivity contribution >= 4 is 17.3 Å². The number of rotatable bonds is 4. The third-order valence-corrected chi connectivity index (χ3v) is 5.48. The van der Waals surface area contributed by atoms with E-state index >= 15 is 0 Å². The summed E-state index contributed by atoms with van der Waals surface area (Å²) in [6, 6.07) is 13.8. The highest BCUT2D eigenvalue weighted by molar-refractivity contribution is 5.88. The van der Waals surface area contributed by atoms with Crippen molar-refractivity contribution in [3.8, 4) is 0 Å². The quantitative estimate of drug-likeness (QED) is 0.467. The van der Waals surface area contributed by atoms with E-state index in [4.69, 9.17) is 4.74 Å². The van der Waals surface area contributed by atoms with Crippen molar-refractivity contribution in [3.05, 3.63) is 69.8 Å². The second-order valence-electron chi connectivity index (χ2n) is 6.69. The van der Waals surface area contributed by atoms with Crippen LogP contribution in [-0.2, 0) is 15.1 Å². The lowest BCUT2D eigenvalue weighted by molar-refractivity contribution is -0.384. The molecular weight excluding hydrogens is 334 g/mol. The Morgan fingerprint density at radius 1 is 1.23 bits per heavy atom. The third kappa shape index (κ3) is 1.91. The van der Waals surface area contributed by atoms with Gasteiger partial charge in [-0.1, -0.05) is 18.2 Å². The first-order valence-electron chi connectivity index (χ1n) is 8.40. The Hall–Kier alpha value is -3.09. The van der Waals surface area contributed by atoms with Crippen LogP contribution < -0.4 is 0 Å². The van der Waals surface area contributed by atoms with Crippen molar-refractivity contribution in [2.45, 2.75) is 25.3 Å². The van der Waals surface area contributed by atoms with Crippen LogP contribution in [0.5, 0.6) is 0 Å². The Bertz CT molecular complexity index is 940. The minimum atomic E-state index is -0.907. The van der Waals surface area contributed by atoms with Crippen LogP contribution in [0.3, 0.4) is 0 Å². The molecule has 26 heavy (non-hydrogen) atoms. The molecule has 1 heterocycles. The number of nitrogens with zero attached hydrogens (tertiary/aromatic N) is 3. The zero-order valence-corrected chi connectivity index (χ0v) is 14.4. The van der Waals surface area contributed by atoms with Crippen LogP contribution in [0.2, 0.25) is 0 Å². The number of carbonyl (C=O) groups excluding carboxylic acids is 1. The number of esters is 1. The van der Waals surface area contributed by atoms with Gasteiger partial charge in [-0.05, 0) is 43.2 Å². The first kappa shape index (κ1) is 16.4. The number of ether oxygens (including phenoxy) is 1. The summed E-state index contributed by atoms with van der Waals surface area (Å²) in [5.41, 5.74) is 0.590. The fourth-order valence-corrected chi connectivity index (χ4v) is 4.17. The number of hydrogen-bond acceptors (Lipinski definition) is 6. The molecule has 2 aromatic rings. The van der Waals surface area contributed by atoms with Gasteiger partial charge in [-0.3, -0.25) is 14.9 Å². The summed E-state index contributed by atoms with van der Waals surface area (Å²) >= 11 is 0. The Balaban J connectivity index is 1.87. The molecule has 0 amide bonds. The Morgan fingerprint density at radius 3 is 2.58 bits per heavy atom. The normalized spacial score (nSPS) is 28.0. The van der Waals surface area contributed by atoms with Crippen LogP contribution in [0.4, 0.5) is 11.4 Å². The summed E-state index contributed by atoms with van der Waals surface area (Å²) in [5.74, 6) is -0.553. The maximum absolute atomic E-state index is 12.8. The maximum Gasteiger partial charge on any atom is 0.315 e. The average Bonchev–Trinajstić information content (AvgIpc) is 3.24. The molecule has 0 N–H and O–H groups in total. The van der Waals surface area contributed by atoms with Crippen LogP contribution in [-0.4, -0.2) is 17.5 Å². The van der Waals surface area contributed by atoms with Crippen LogP contribution in [0.25, 0.3) is 0 Å². The SMILES string of the molecule is CCOC(=O)[C@@]1(C)C2c3ccccc3N=NC21c1ccc([N+](=O)[O-])cc1. The lowest BCUT2D eigenvalue weighted by atomic mass is 9.95. The molecular formula is C19H17N3O4. The molecule has 1 fully saturated rings. The van der Waals surface area contributed by atoms with Gasteiger partial charge < -0.3 is 4.74 Å². The van der Waals surface area contributed by atoms with Crippen LogP contribution in [0, 0.1) is 15.5 Å². The number of nitro groups is 1. The van der Waals surface area contributed by atoms with Crippen molar-refractivity contribution in [1.29, 1.82) is 0 Å². The largest absolute Gasteiger partial charge is 0.465 e. The fraction of sp³-hybridized carbons (Fsp3) is 0.316. The van der Waals surface area contributed by atoms with E-state index in [1.807, 2.05) is 31.2 Å². The minimum Gasteiger partial charge on any atom is -0.465 e. The van der Waals surface area contributed by atoms with E-state index in [-0.39, 0.29) is 24.2 Å². The zero-order valence-electron chi connectivity index (χ0n) is 14.4. The van der Waals surface area contributed by atoms with E-state index in [1.165, 1.54) is 12.1 Å².